The van der Waals surface area contributed by atoms with E-state index in [0.717, 1.165) is 33.4 Å². The van der Waals surface area contributed by atoms with Gasteiger partial charge in [0.25, 0.3) is 14.4 Å². The number of benzene rings is 4. The lowest BCUT2D eigenvalue weighted by Gasteiger charge is -2.44. The highest BCUT2D eigenvalue weighted by molar-refractivity contribution is 7.44. The number of nitrogens with zero attached hydrogens (tertiary/aromatic N) is 4. The maximum absolute atomic E-state index is 14.5. The number of ether oxygens (including phenoxy) is 5. The average molecular weight is 1190 g/mol. The molecule has 0 saturated heterocycles. The SMILES string of the molecule is C=CCOC(=O)N1c2cc(OCCCC(=O)NCCCOCC(COC(c3ccccc3)(c3ccc(CO)cc3)c3ccc(CO)cc3)OP(OCCC#N)N(C(C)C)C(C)C)c(OC)cc2C(=O)N2C=C(C)C[C@H]2[C@@H]1O[Si](C)(C)C(C)(C)C. The summed E-state index contributed by atoms with van der Waals surface area (Å²) in [5, 5.41) is 32.3. The van der Waals surface area contributed by atoms with Crippen LogP contribution < -0.4 is 19.7 Å². The summed E-state index contributed by atoms with van der Waals surface area (Å²) in [6.45, 7) is 25.2. The van der Waals surface area contributed by atoms with Gasteiger partial charge in [0.15, 0.2) is 26.0 Å². The maximum Gasteiger partial charge on any atom is 0.416 e. The Bertz CT molecular complexity index is 2800. The van der Waals surface area contributed by atoms with Crippen molar-refractivity contribution >= 4 is 40.4 Å². The van der Waals surface area contributed by atoms with E-state index in [0.29, 0.717) is 25.8 Å². The fourth-order valence-corrected chi connectivity index (χ4v) is 12.8. The van der Waals surface area contributed by atoms with Crippen LogP contribution in [0.15, 0.2) is 115 Å². The van der Waals surface area contributed by atoms with Gasteiger partial charge in [-0.1, -0.05) is 118 Å². The molecular weight excluding hydrogens is 1110 g/mol. The normalized spacial score (nSPS) is 16.2. The third-order valence-corrected chi connectivity index (χ3v) is 21.8. The van der Waals surface area contributed by atoms with Crippen LogP contribution in [0, 0.1) is 11.3 Å². The molecule has 18 nitrogen and oxygen atoms in total. The molecule has 0 aliphatic carbocycles. The summed E-state index contributed by atoms with van der Waals surface area (Å²) in [5.41, 5.74) is 4.20. The van der Waals surface area contributed by atoms with Crippen LogP contribution in [-0.4, -0.2) is 130 Å². The zero-order valence-electron chi connectivity index (χ0n) is 50.9. The zero-order chi connectivity index (χ0) is 61.2. The van der Waals surface area contributed by atoms with E-state index in [4.69, 9.17) is 37.2 Å². The molecule has 4 aromatic rings. The smallest absolute Gasteiger partial charge is 0.416 e. The van der Waals surface area contributed by atoms with E-state index in [-0.39, 0.29) is 117 Å². The van der Waals surface area contributed by atoms with Gasteiger partial charge in [-0.05, 0) is 106 Å². The number of aliphatic hydroxyl groups is 2. The standard InChI is InChI=1S/C64H88N5O13PSi/c1-13-33-78-62(74)68-55-39-58(57(75-10)38-54(55)60(73)67-40-47(6)37-56(67)61(68)82-84(11,12)63(7,8)9)77-35-17-22-59(72)66-32-19-34-76-43-53(81-83(80-36-18-31-65)69(45(2)3)46(4)5)44-79-64(50-20-15-14-16-21-50,51-27-23-48(41-70)24-28-51)52-29-25-49(42-71)26-30-52/h13-16,20-21,23-30,38-40,45-46,53,56,61,70-71H,1,17-19,22,32-37,41-44H2,2-12H3,(H,66,72)/t53?,56-,61-,83?/m0/s1. The molecule has 0 radical (unpaired) electrons. The van der Waals surface area contributed by atoms with Crippen molar-refractivity contribution in [3.63, 3.8) is 0 Å². The number of carbonyl (C=O) groups is 3. The van der Waals surface area contributed by atoms with Crippen molar-refractivity contribution in [2.75, 3.05) is 58.2 Å². The van der Waals surface area contributed by atoms with Gasteiger partial charge in [0.2, 0.25) is 5.91 Å². The second-order valence-corrected chi connectivity index (χ2v) is 29.2. The lowest BCUT2D eigenvalue weighted by molar-refractivity contribution is -0.121. The largest absolute Gasteiger partial charge is 0.493 e. The molecule has 3 N–H and O–H groups in total. The third-order valence-electron chi connectivity index (χ3n) is 15.1. The van der Waals surface area contributed by atoms with Gasteiger partial charge in [-0.25, -0.2) is 14.4 Å². The van der Waals surface area contributed by atoms with Crippen molar-refractivity contribution in [2.45, 2.75) is 155 Å². The molecule has 6 rings (SSSR count). The van der Waals surface area contributed by atoms with E-state index in [1.54, 1.807) is 17.0 Å². The Balaban J connectivity index is 1.15. The van der Waals surface area contributed by atoms with Gasteiger partial charge in [0, 0.05) is 43.9 Å². The number of anilines is 1. The first-order valence-corrected chi connectivity index (χ1v) is 33.0. The van der Waals surface area contributed by atoms with E-state index in [2.05, 4.69) is 84.2 Å². The van der Waals surface area contributed by atoms with Crippen LogP contribution in [0.5, 0.6) is 11.5 Å². The third kappa shape index (κ3) is 16.9. The Labute approximate surface area is 499 Å². The van der Waals surface area contributed by atoms with Crippen LogP contribution in [0.2, 0.25) is 18.1 Å². The van der Waals surface area contributed by atoms with Crippen LogP contribution in [0.25, 0.3) is 0 Å². The van der Waals surface area contributed by atoms with Gasteiger partial charge >= 0.3 is 6.09 Å². The highest BCUT2D eigenvalue weighted by Gasteiger charge is 2.51. The Morgan fingerprint density at radius 3 is 2.10 bits per heavy atom. The minimum atomic E-state index is -2.58. The van der Waals surface area contributed by atoms with Gasteiger partial charge in [-0.2, -0.15) is 5.26 Å². The van der Waals surface area contributed by atoms with Crippen molar-refractivity contribution in [2.24, 2.45) is 0 Å². The highest BCUT2D eigenvalue weighted by atomic mass is 31.2. The quantitative estimate of drug-likeness (QED) is 0.0136. The molecule has 2 aliphatic heterocycles. The number of nitrogens with one attached hydrogen (secondary N) is 1. The summed E-state index contributed by atoms with van der Waals surface area (Å²) in [4.78, 5) is 45.1. The number of methoxy groups -OCH3 is 1. The molecule has 0 bridgehead atoms. The average Bonchev–Trinajstić information content (AvgIpc) is 3.12. The van der Waals surface area contributed by atoms with Crippen LogP contribution in [-0.2, 0) is 51.3 Å². The zero-order valence-corrected chi connectivity index (χ0v) is 52.8. The summed E-state index contributed by atoms with van der Waals surface area (Å²) < 4.78 is 53.9. The molecule has 0 fully saturated rings. The molecule has 4 aromatic carbocycles. The predicted octanol–water partition coefficient (Wildman–Crippen LogP) is 11.6. The molecule has 2 unspecified atom stereocenters. The monoisotopic (exact) mass is 1190 g/mol. The van der Waals surface area contributed by atoms with E-state index in [1.165, 1.54) is 18.1 Å². The predicted molar refractivity (Wildman–Crippen MR) is 328 cm³/mol. The highest BCUT2D eigenvalue weighted by Crippen LogP contribution is 2.49. The molecule has 4 atom stereocenters. The van der Waals surface area contributed by atoms with Crippen molar-refractivity contribution < 1.29 is 61.8 Å². The molecule has 2 heterocycles. The lowest BCUT2D eigenvalue weighted by atomic mass is 9.79. The van der Waals surface area contributed by atoms with E-state index < -0.39 is 46.9 Å². The molecular formula is C64H88N5O13PSi. The summed E-state index contributed by atoms with van der Waals surface area (Å²) >= 11 is 0. The number of nitriles is 1. The van der Waals surface area contributed by atoms with Gasteiger partial charge in [0.05, 0.1) is 76.5 Å². The molecule has 0 saturated carbocycles. The summed E-state index contributed by atoms with van der Waals surface area (Å²) in [6.07, 6.45) is 2.68. The van der Waals surface area contributed by atoms with Crippen molar-refractivity contribution in [1.82, 2.24) is 14.9 Å². The minimum Gasteiger partial charge on any atom is -0.493 e. The van der Waals surface area contributed by atoms with Crippen molar-refractivity contribution in [3.8, 4) is 17.6 Å². The molecule has 0 aromatic heterocycles. The van der Waals surface area contributed by atoms with Gasteiger partial charge in [0.1, 0.15) is 18.3 Å². The summed E-state index contributed by atoms with van der Waals surface area (Å²) in [5.74, 6) is 0.0547. The Hall–Kier alpha value is -6.01. The van der Waals surface area contributed by atoms with E-state index >= 15 is 0 Å². The molecule has 0 spiro atoms. The number of aliphatic hydroxyl groups excluding tert-OH is 2. The molecule has 3 amide bonds. The van der Waals surface area contributed by atoms with E-state index in [1.807, 2.05) is 92.0 Å². The van der Waals surface area contributed by atoms with Crippen LogP contribution in [0.1, 0.15) is 126 Å². The van der Waals surface area contributed by atoms with Gasteiger partial charge in [-0.15, -0.1) is 0 Å². The minimum absolute atomic E-state index is 0.0280. The van der Waals surface area contributed by atoms with Crippen LogP contribution in [0.4, 0.5) is 10.5 Å². The molecule has 20 heteroatoms. The summed E-state index contributed by atoms with van der Waals surface area (Å²) in [7, 11) is -2.81. The van der Waals surface area contributed by atoms with E-state index in [9.17, 15) is 29.9 Å². The fraction of sp³-hybridized carbons (Fsp3) is 0.500. The Morgan fingerprint density at radius 1 is 0.893 bits per heavy atom. The maximum atomic E-state index is 14.5. The first-order valence-electron chi connectivity index (χ1n) is 28.9. The number of carbonyl (C=O) groups excluding carboxylic acids is 3. The van der Waals surface area contributed by atoms with Crippen LogP contribution in [0.3, 0.4) is 0 Å². The fourth-order valence-electron chi connectivity index (χ4n) is 9.90. The lowest BCUT2D eigenvalue weighted by Crippen LogP contribution is -2.57. The Kier molecular flexibility index (Phi) is 25.1. The molecule has 84 heavy (non-hydrogen) atoms. The van der Waals surface area contributed by atoms with Crippen molar-refractivity contribution in [3.05, 3.63) is 149 Å². The van der Waals surface area contributed by atoms with Gasteiger partial charge < -0.3 is 57.6 Å². The number of hydrogen-bond donors (Lipinski definition) is 3. The molecule has 2 aliphatic rings. The van der Waals surface area contributed by atoms with Crippen LogP contribution >= 0.6 is 8.53 Å². The number of fused-ring (bicyclic) bond motifs is 2. The number of rotatable bonds is 32. The van der Waals surface area contributed by atoms with Crippen molar-refractivity contribution in [1.29, 1.82) is 5.26 Å². The van der Waals surface area contributed by atoms with Gasteiger partial charge in [-0.3, -0.25) is 9.59 Å². The summed E-state index contributed by atoms with van der Waals surface area (Å²) in [6, 6.07) is 30.0. The number of hydrogen-bond acceptors (Lipinski definition) is 15. The topological polar surface area (TPSA) is 211 Å². The second kappa shape index (κ2) is 31.4. The second-order valence-electron chi connectivity index (χ2n) is 23.1. The first-order chi connectivity index (χ1) is 40.1. The Morgan fingerprint density at radius 2 is 1.52 bits per heavy atom. The number of amides is 3. The first kappa shape index (κ1) is 67.1. The molecule has 456 valence electrons.